The lowest BCUT2D eigenvalue weighted by molar-refractivity contribution is -0.0706. The molecular formula is C15H22FNO3. The third kappa shape index (κ3) is 4.16. The highest BCUT2D eigenvalue weighted by Crippen LogP contribution is 2.34. The molecule has 0 saturated heterocycles. The Labute approximate surface area is 118 Å². The predicted molar refractivity (Wildman–Crippen MR) is 74.4 cm³/mol. The molecule has 20 heavy (non-hydrogen) atoms. The molecule has 4 nitrogen and oxygen atoms in total. The Bertz CT molecular complexity index is 401. The highest BCUT2D eigenvalue weighted by Gasteiger charge is 2.36. The van der Waals surface area contributed by atoms with Crippen LogP contribution in [0.25, 0.3) is 0 Å². The molecule has 0 aromatic heterocycles. The Morgan fingerprint density at radius 2 is 2.05 bits per heavy atom. The Kier molecular flexibility index (Phi) is 5.34. The first-order valence-corrected chi connectivity index (χ1v) is 6.96. The lowest BCUT2D eigenvalue weighted by Gasteiger charge is -2.40. The number of nitrogens with one attached hydrogen (secondary N) is 1. The molecule has 2 N–H and O–H groups in total. The van der Waals surface area contributed by atoms with Crippen molar-refractivity contribution >= 4 is 0 Å². The first-order valence-electron chi connectivity index (χ1n) is 6.96. The fourth-order valence-electron chi connectivity index (χ4n) is 2.27. The van der Waals surface area contributed by atoms with E-state index in [1.807, 2.05) is 0 Å². The van der Waals surface area contributed by atoms with Crippen LogP contribution in [-0.4, -0.2) is 43.6 Å². The SMILES string of the molecule is COC1(CNCC(O)COc2ccc(F)cc2)CCC1. The topological polar surface area (TPSA) is 50.7 Å². The molecule has 1 aromatic rings. The number of rotatable bonds is 8. The van der Waals surface area contributed by atoms with Crippen LogP contribution in [0.5, 0.6) is 5.75 Å². The second-order valence-corrected chi connectivity index (χ2v) is 5.29. The summed E-state index contributed by atoms with van der Waals surface area (Å²) in [7, 11) is 1.73. The van der Waals surface area contributed by atoms with Crippen LogP contribution in [0.1, 0.15) is 19.3 Å². The van der Waals surface area contributed by atoms with Crippen LogP contribution in [0, 0.1) is 5.82 Å². The number of methoxy groups -OCH3 is 1. The molecule has 1 aliphatic rings. The first-order chi connectivity index (χ1) is 9.63. The summed E-state index contributed by atoms with van der Waals surface area (Å²) in [5.74, 6) is 0.253. The quantitative estimate of drug-likeness (QED) is 0.763. The number of hydrogen-bond acceptors (Lipinski definition) is 4. The molecule has 1 aliphatic carbocycles. The summed E-state index contributed by atoms with van der Waals surface area (Å²) in [5, 5.41) is 13.0. The second-order valence-electron chi connectivity index (χ2n) is 5.29. The van der Waals surface area contributed by atoms with Crippen molar-refractivity contribution < 1.29 is 19.0 Å². The minimum Gasteiger partial charge on any atom is -0.491 e. The van der Waals surface area contributed by atoms with Crippen molar-refractivity contribution in [2.45, 2.75) is 31.0 Å². The predicted octanol–water partition coefficient (Wildman–Crippen LogP) is 1.72. The molecule has 0 amide bonds. The maximum atomic E-state index is 12.7. The summed E-state index contributed by atoms with van der Waals surface area (Å²) in [4.78, 5) is 0. The average molecular weight is 283 g/mol. The Hall–Kier alpha value is -1.17. The first kappa shape index (κ1) is 15.2. The molecule has 1 atom stereocenters. The fourth-order valence-corrected chi connectivity index (χ4v) is 2.27. The number of hydrogen-bond donors (Lipinski definition) is 2. The number of ether oxygens (including phenoxy) is 2. The van der Waals surface area contributed by atoms with Gasteiger partial charge in [-0.25, -0.2) is 4.39 Å². The molecule has 2 rings (SSSR count). The van der Waals surface area contributed by atoms with Crippen molar-refractivity contribution in [2.24, 2.45) is 0 Å². The summed E-state index contributed by atoms with van der Waals surface area (Å²) >= 11 is 0. The zero-order chi connectivity index (χ0) is 14.4. The normalized spacial score (nSPS) is 18.4. The molecule has 1 aromatic carbocycles. The van der Waals surface area contributed by atoms with Crippen LogP contribution in [0.2, 0.25) is 0 Å². The van der Waals surface area contributed by atoms with E-state index < -0.39 is 6.10 Å². The minimum absolute atomic E-state index is 0.0441. The van der Waals surface area contributed by atoms with Gasteiger partial charge in [0, 0.05) is 20.2 Å². The zero-order valence-electron chi connectivity index (χ0n) is 11.8. The lowest BCUT2D eigenvalue weighted by Crippen LogP contribution is -2.49. The van der Waals surface area contributed by atoms with Gasteiger partial charge in [-0.15, -0.1) is 0 Å². The van der Waals surface area contributed by atoms with E-state index in [1.165, 1.54) is 18.6 Å². The number of benzene rings is 1. The molecule has 0 heterocycles. The van der Waals surface area contributed by atoms with Crippen molar-refractivity contribution in [1.29, 1.82) is 0 Å². The lowest BCUT2D eigenvalue weighted by atomic mass is 9.80. The second kappa shape index (κ2) is 7.02. The third-order valence-corrected chi connectivity index (χ3v) is 3.78. The number of aliphatic hydroxyl groups excluding tert-OH is 1. The van der Waals surface area contributed by atoms with Crippen molar-refractivity contribution in [3.63, 3.8) is 0 Å². The number of aliphatic hydroxyl groups is 1. The van der Waals surface area contributed by atoms with E-state index in [4.69, 9.17) is 9.47 Å². The maximum absolute atomic E-state index is 12.7. The van der Waals surface area contributed by atoms with E-state index in [1.54, 1.807) is 19.2 Å². The van der Waals surface area contributed by atoms with Gasteiger partial charge in [-0.1, -0.05) is 0 Å². The molecule has 1 unspecified atom stereocenters. The standard InChI is InChI=1S/C15H22FNO3/c1-19-15(7-2-8-15)11-17-9-13(18)10-20-14-5-3-12(16)4-6-14/h3-6,13,17-18H,2,7-11H2,1H3. The van der Waals surface area contributed by atoms with Gasteiger partial charge in [0.15, 0.2) is 0 Å². The molecule has 0 aliphatic heterocycles. The third-order valence-electron chi connectivity index (χ3n) is 3.78. The van der Waals surface area contributed by atoms with Crippen LogP contribution in [-0.2, 0) is 4.74 Å². The van der Waals surface area contributed by atoms with Crippen LogP contribution in [0.15, 0.2) is 24.3 Å². The van der Waals surface area contributed by atoms with Crippen molar-refractivity contribution in [3.8, 4) is 5.75 Å². The highest BCUT2D eigenvalue weighted by atomic mass is 19.1. The Morgan fingerprint density at radius 3 is 2.60 bits per heavy atom. The molecule has 1 saturated carbocycles. The van der Waals surface area contributed by atoms with Crippen LogP contribution >= 0.6 is 0 Å². The average Bonchev–Trinajstić information content (AvgIpc) is 2.41. The monoisotopic (exact) mass is 283 g/mol. The van der Waals surface area contributed by atoms with E-state index in [0.29, 0.717) is 12.3 Å². The van der Waals surface area contributed by atoms with Gasteiger partial charge in [0.2, 0.25) is 0 Å². The van der Waals surface area contributed by atoms with E-state index in [9.17, 15) is 9.50 Å². The summed E-state index contributed by atoms with van der Waals surface area (Å²) in [6.07, 6.45) is 2.73. The molecule has 1 fully saturated rings. The zero-order valence-corrected chi connectivity index (χ0v) is 11.8. The maximum Gasteiger partial charge on any atom is 0.123 e. The van der Waals surface area contributed by atoms with E-state index >= 15 is 0 Å². The van der Waals surface area contributed by atoms with Crippen LogP contribution < -0.4 is 10.1 Å². The van der Waals surface area contributed by atoms with Gasteiger partial charge in [0.05, 0.1) is 5.60 Å². The van der Waals surface area contributed by atoms with Gasteiger partial charge in [0.25, 0.3) is 0 Å². The summed E-state index contributed by atoms with van der Waals surface area (Å²) in [6.45, 7) is 1.38. The molecular weight excluding hydrogens is 261 g/mol. The largest absolute Gasteiger partial charge is 0.491 e. The van der Waals surface area contributed by atoms with Crippen molar-refractivity contribution in [1.82, 2.24) is 5.32 Å². The van der Waals surface area contributed by atoms with Gasteiger partial charge >= 0.3 is 0 Å². The summed E-state index contributed by atoms with van der Waals surface area (Å²) in [5.41, 5.74) is -0.0441. The minimum atomic E-state index is -0.603. The van der Waals surface area contributed by atoms with Gasteiger partial charge < -0.3 is 19.9 Å². The molecule has 112 valence electrons. The summed E-state index contributed by atoms with van der Waals surface area (Å²) in [6, 6.07) is 5.76. The van der Waals surface area contributed by atoms with Gasteiger partial charge in [-0.05, 0) is 43.5 Å². The smallest absolute Gasteiger partial charge is 0.123 e. The van der Waals surface area contributed by atoms with Crippen molar-refractivity contribution in [2.75, 3.05) is 26.8 Å². The fraction of sp³-hybridized carbons (Fsp3) is 0.600. The van der Waals surface area contributed by atoms with Gasteiger partial charge in [-0.2, -0.15) is 0 Å². The Balaban J connectivity index is 1.63. The molecule has 0 spiro atoms. The van der Waals surface area contributed by atoms with Gasteiger partial charge in [-0.3, -0.25) is 0 Å². The molecule has 0 radical (unpaired) electrons. The highest BCUT2D eigenvalue weighted by molar-refractivity contribution is 5.22. The van der Waals surface area contributed by atoms with Gasteiger partial charge in [0.1, 0.15) is 24.3 Å². The number of halogens is 1. The Morgan fingerprint density at radius 1 is 1.35 bits per heavy atom. The molecule has 5 heteroatoms. The molecule has 0 bridgehead atoms. The van der Waals surface area contributed by atoms with Crippen molar-refractivity contribution in [3.05, 3.63) is 30.1 Å². The van der Waals surface area contributed by atoms with E-state index in [0.717, 1.165) is 19.4 Å². The van der Waals surface area contributed by atoms with Crippen LogP contribution in [0.3, 0.4) is 0 Å². The van der Waals surface area contributed by atoms with E-state index in [2.05, 4.69) is 5.32 Å². The summed E-state index contributed by atoms with van der Waals surface area (Å²) < 4.78 is 23.6. The van der Waals surface area contributed by atoms with Crippen LogP contribution in [0.4, 0.5) is 4.39 Å². The van der Waals surface area contributed by atoms with E-state index in [-0.39, 0.29) is 18.0 Å².